The lowest BCUT2D eigenvalue weighted by molar-refractivity contribution is 0.0777. The SMILES string of the molecule is CC(C)(O)CCSc1n[nH]c(-c2ccccc2Br)n1. The fourth-order valence-corrected chi connectivity index (χ4v) is 3.00. The molecule has 2 N–H and O–H groups in total. The Hall–Kier alpha value is -0.850. The van der Waals surface area contributed by atoms with Crippen LogP contribution in [0.2, 0.25) is 0 Å². The van der Waals surface area contributed by atoms with Gasteiger partial charge in [-0.2, -0.15) is 0 Å². The van der Waals surface area contributed by atoms with Crippen LogP contribution in [0.1, 0.15) is 20.3 Å². The molecule has 4 nitrogen and oxygen atoms in total. The van der Waals surface area contributed by atoms with Gasteiger partial charge in [-0.15, -0.1) is 5.10 Å². The van der Waals surface area contributed by atoms with Gasteiger partial charge in [0.25, 0.3) is 0 Å². The molecule has 6 heteroatoms. The minimum Gasteiger partial charge on any atom is -0.390 e. The number of thioether (sulfide) groups is 1. The molecule has 0 aliphatic rings. The summed E-state index contributed by atoms with van der Waals surface area (Å²) in [5.41, 5.74) is 0.346. The number of halogens is 1. The predicted octanol–water partition coefficient (Wildman–Crippen LogP) is 3.49. The molecule has 1 heterocycles. The highest BCUT2D eigenvalue weighted by Gasteiger charge is 2.13. The van der Waals surface area contributed by atoms with Crippen LogP contribution >= 0.6 is 27.7 Å². The van der Waals surface area contributed by atoms with Crippen LogP contribution in [0.4, 0.5) is 0 Å². The Labute approximate surface area is 125 Å². The van der Waals surface area contributed by atoms with Crippen LogP contribution in [0.15, 0.2) is 33.9 Å². The number of H-pyrrole nitrogens is 1. The number of nitrogens with one attached hydrogen (secondary N) is 1. The number of benzene rings is 1. The molecule has 19 heavy (non-hydrogen) atoms. The van der Waals surface area contributed by atoms with Gasteiger partial charge in [0.1, 0.15) is 0 Å². The van der Waals surface area contributed by atoms with E-state index in [0.29, 0.717) is 11.6 Å². The van der Waals surface area contributed by atoms with Crippen molar-refractivity contribution in [3.8, 4) is 11.4 Å². The Balaban J connectivity index is 2.02. The van der Waals surface area contributed by atoms with E-state index in [1.807, 2.05) is 24.3 Å². The molecule has 0 fully saturated rings. The number of aromatic amines is 1. The van der Waals surface area contributed by atoms with Crippen molar-refractivity contribution in [2.45, 2.75) is 31.0 Å². The van der Waals surface area contributed by atoms with Crippen LogP contribution in [0.5, 0.6) is 0 Å². The quantitative estimate of drug-likeness (QED) is 0.817. The Kier molecular flexibility index (Phi) is 4.65. The number of nitrogens with zero attached hydrogens (tertiary/aromatic N) is 2. The lowest BCUT2D eigenvalue weighted by Gasteiger charge is -2.15. The minimum atomic E-state index is -0.644. The van der Waals surface area contributed by atoms with E-state index < -0.39 is 5.60 Å². The molecular formula is C13H16BrN3OS. The average molecular weight is 342 g/mol. The van der Waals surface area contributed by atoms with Crippen molar-refractivity contribution in [2.75, 3.05) is 5.75 Å². The maximum absolute atomic E-state index is 9.65. The number of hydrogen-bond donors (Lipinski definition) is 2. The summed E-state index contributed by atoms with van der Waals surface area (Å²) < 4.78 is 0.985. The van der Waals surface area contributed by atoms with Crippen molar-refractivity contribution in [2.24, 2.45) is 0 Å². The second-order valence-corrected chi connectivity index (χ2v) is 6.77. The van der Waals surface area contributed by atoms with Gasteiger partial charge in [0.2, 0.25) is 5.16 Å². The molecule has 0 atom stereocenters. The number of aromatic nitrogens is 3. The fourth-order valence-electron chi connectivity index (χ4n) is 1.48. The Morgan fingerprint density at radius 2 is 2.11 bits per heavy atom. The van der Waals surface area contributed by atoms with Gasteiger partial charge in [0.05, 0.1) is 5.60 Å². The van der Waals surface area contributed by atoms with Gasteiger partial charge in [-0.1, -0.05) is 45.9 Å². The first-order valence-electron chi connectivity index (χ1n) is 5.98. The Morgan fingerprint density at radius 3 is 2.79 bits per heavy atom. The molecule has 0 amide bonds. The van der Waals surface area contributed by atoms with Gasteiger partial charge in [0.15, 0.2) is 5.82 Å². The molecule has 1 aromatic carbocycles. The summed E-state index contributed by atoms with van der Waals surface area (Å²) in [6.45, 7) is 3.61. The third-order valence-corrected chi connectivity index (χ3v) is 4.08. The molecule has 1 aromatic heterocycles. The molecule has 0 spiro atoms. The van der Waals surface area contributed by atoms with Gasteiger partial charge >= 0.3 is 0 Å². The first kappa shape index (κ1) is 14.6. The summed E-state index contributed by atoms with van der Waals surface area (Å²) in [6.07, 6.45) is 0.705. The van der Waals surface area contributed by atoms with Gasteiger partial charge in [-0.25, -0.2) is 4.98 Å². The Bertz CT molecular complexity index is 551. The van der Waals surface area contributed by atoms with E-state index in [2.05, 4.69) is 31.1 Å². The largest absolute Gasteiger partial charge is 0.390 e. The van der Waals surface area contributed by atoms with Crippen LogP contribution in [0.25, 0.3) is 11.4 Å². The first-order valence-corrected chi connectivity index (χ1v) is 7.76. The maximum Gasteiger partial charge on any atom is 0.208 e. The standard InChI is InChI=1S/C13H16BrN3OS/c1-13(2,18)7-8-19-12-15-11(16-17-12)9-5-3-4-6-10(9)14/h3-6,18H,7-8H2,1-2H3,(H,15,16,17). The van der Waals surface area contributed by atoms with Crippen molar-refractivity contribution in [3.63, 3.8) is 0 Å². The van der Waals surface area contributed by atoms with E-state index in [1.165, 1.54) is 11.8 Å². The minimum absolute atomic E-state index is 0.644. The van der Waals surface area contributed by atoms with Crippen molar-refractivity contribution in [1.82, 2.24) is 15.2 Å². The summed E-state index contributed by atoms with van der Waals surface area (Å²) in [5.74, 6) is 1.54. The van der Waals surface area contributed by atoms with E-state index in [4.69, 9.17) is 0 Å². The van der Waals surface area contributed by atoms with E-state index in [1.54, 1.807) is 13.8 Å². The van der Waals surface area contributed by atoms with Gasteiger partial charge < -0.3 is 5.11 Å². The smallest absolute Gasteiger partial charge is 0.208 e. The monoisotopic (exact) mass is 341 g/mol. The zero-order valence-electron chi connectivity index (χ0n) is 10.9. The van der Waals surface area contributed by atoms with Gasteiger partial charge in [0, 0.05) is 15.8 Å². The summed E-state index contributed by atoms with van der Waals surface area (Å²) in [6, 6.07) is 7.88. The number of rotatable bonds is 5. The van der Waals surface area contributed by atoms with Crippen molar-refractivity contribution in [1.29, 1.82) is 0 Å². The molecule has 0 saturated heterocycles. The maximum atomic E-state index is 9.65. The fraction of sp³-hybridized carbons (Fsp3) is 0.385. The van der Waals surface area contributed by atoms with E-state index in [0.717, 1.165) is 21.6 Å². The van der Waals surface area contributed by atoms with Crippen LogP contribution in [0.3, 0.4) is 0 Å². The first-order chi connectivity index (χ1) is 8.96. The second kappa shape index (κ2) is 6.07. The van der Waals surface area contributed by atoms with E-state index >= 15 is 0 Å². The van der Waals surface area contributed by atoms with Gasteiger partial charge in [-0.3, -0.25) is 5.10 Å². The zero-order chi connectivity index (χ0) is 13.9. The summed E-state index contributed by atoms with van der Waals surface area (Å²) in [4.78, 5) is 4.45. The molecular weight excluding hydrogens is 326 g/mol. The van der Waals surface area contributed by atoms with E-state index in [9.17, 15) is 5.11 Å². The average Bonchev–Trinajstić information content (AvgIpc) is 2.76. The highest BCUT2D eigenvalue weighted by molar-refractivity contribution is 9.10. The normalized spacial score (nSPS) is 11.8. The van der Waals surface area contributed by atoms with Crippen LogP contribution in [-0.2, 0) is 0 Å². The van der Waals surface area contributed by atoms with Crippen molar-refractivity contribution in [3.05, 3.63) is 28.7 Å². The summed E-state index contributed by atoms with van der Waals surface area (Å²) in [7, 11) is 0. The highest BCUT2D eigenvalue weighted by Crippen LogP contribution is 2.26. The third kappa shape index (κ3) is 4.33. The van der Waals surface area contributed by atoms with Crippen LogP contribution < -0.4 is 0 Å². The molecule has 0 unspecified atom stereocenters. The van der Waals surface area contributed by atoms with E-state index in [-0.39, 0.29) is 0 Å². The highest BCUT2D eigenvalue weighted by atomic mass is 79.9. The number of hydrogen-bond acceptors (Lipinski definition) is 4. The molecule has 2 aromatic rings. The third-order valence-electron chi connectivity index (χ3n) is 2.54. The van der Waals surface area contributed by atoms with Crippen LogP contribution in [-0.4, -0.2) is 31.6 Å². The van der Waals surface area contributed by atoms with Crippen molar-refractivity contribution < 1.29 is 5.11 Å². The molecule has 2 rings (SSSR count). The molecule has 0 aliphatic heterocycles. The zero-order valence-corrected chi connectivity index (χ0v) is 13.3. The summed E-state index contributed by atoms with van der Waals surface area (Å²) in [5, 5.41) is 17.5. The Morgan fingerprint density at radius 1 is 1.37 bits per heavy atom. The lowest BCUT2D eigenvalue weighted by Crippen LogP contribution is -2.19. The molecule has 0 bridgehead atoms. The molecule has 0 saturated carbocycles. The summed E-state index contributed by atoms with van der Waals surface area (Å²) >= 11 is 5.03. The second-order valence-electron chi connectivity index (χ2n) is 4.86. The number of aliphatic hydroxyl groups is 1. The van der Waals surface area contributed by atoms with Crippen molar-refractivity contribution >= 4 is 27.7 Å². The molecule has 102 valence electrons. The topological polar surface area (TPSA) is 61.8 Å². The predicted molar refractivity (Wildman–Crippen MR) is 81.2 cm³/mol. The molecule has 0 aliphatic carbocycles. The lowest BCUT2D eigenvalue weighted by atomic mass is 10.1. The molecule has 0 radical (unpaired) electrons. The van der Waals surface area contributed by atoms with Crippen LogP contribution in [0, 0.1) is 0 Å². The van der Waals surface area contributed by atoms with Gasteiger partial charge in [-0.05, 0) is 26.3 Å².